The van der Waals surface area contributed by atoms with Crippen LogP contribution < -0.4 is 0 Å². The zero-order chi connectivity index (χ0) is 29.7. The molecule has 9 rings (SSSR count). The Hall–Kier alpha value is -6.13. The third-order valence-electron chi connectivity index (χ3n) is 8.53. The van der Waals surface area contributed by atoms with E-state index in [0.717, 1.165) is 44.2 Å². The summed E-state index contributed by atoms with van der Waals surface area (Å²) in [6, 6.07) is 52.3. The van der Waals surface area contributed by atoms with Crippen molar-refractivity contribution in [3.63, 3.8) is 0 Å². The highest BCUT2D eigenvalue weighted by molar-refractivity contribution is 6.18. The highest BCUT2D eigenvalue weighted by Crippen LogP contribution is 2.38. The van der Waals surface area contributed by atoms with Crippen molar-refractivity contribution in [3.05, 3.63) is 152 Å². The van der Waals surface area contributed by atoms with Gasteiger partial charge in [0.15, 0.2) is 17.5 Å². The summed E-state index contributed by atoms with van der Waals surface area (Å²) in [5, 5.41) is 7.10. The molecule has 0 radical (unpaired) electrons. The molecule has 2 heterocycles. The average molecular weight is 576 g/mol. The standard InChI is InChI=1S/C41H25N3O/c1-3-10-27(11-4-1)39-42-40(28-12-5-2-6-13-28)44-41(43-39)29-20-18-26(19-21-29)31-15-9-16-32-33(31)23-22-30-24-38-36(25-35(30)32)34-14-7-8-17-37(34)45-38/h1-25H. The van der Waals surface area contributed by atoms with Crippen LogP contribution in [0.1, 0.15) is 0 Å². The van der Waals surface area contributed by atoms with E-state index in [9.17, 15) is 0 Å². The number of hydrogen-bond donors (Lipinski definition) is 0. The van der Waals surface area contributed by atoms with Gasteiger partial charge in [0, 0.05) is 27.5 Å². The van der Waals surface area contributed by atoms with Gasteiger partial charge < -0.3 is 4.42 Å². The van der Waals surface area contributed by atoms with Crippen LogP contribution in [0.2, 0.25) is 0 Å². The van der Waals surface area contributed by atoms with E-state index < -0.39 is 0 Å². The molecule has 0 bridgehead atoms. The van der Waals surface area contributed by atoms with Gasteiger partial charge in [0.2, 0.25) is 0 Å². The van der Waals surface area contributed by atoms with Gasteiger partial charge in [-0.05, 0) is 50.9 Å². The van der Waals surface area contributed by atoms with E-state index in [4.69, 9.17) is 19.4 Å². The maximum absolute atomic E-state index is 6.16. The number of furan rings is 1. The fraction of sp³-hybridized carbons (Fsp3) is 0. The summed E-state index contributed by atoms with van der Waals surface area (Å²) in [6.07, 6.45) is 0. The van der Waals surface area contributed by atoms with Crippen molar-refractivity contribution in [3.8, 4) is 45.3 Å². The van der Waals surface area contributed by atoms with Gasteiger partial charge in [0.25, 0.3) is 0 Å². The van der Waals surface area contributed by atoms with Gasteiger partial charge in [-0.1, -0.05) is 133 Å². The minimum atomic E-state index is 0.648. The van der Waals surface area contributed by atoms with E-state index in [2.05, 4.69) is 78.9 Å². The molecule has 7 aromatic carbocycles. The molecule has 0 aliphatic heterocycles. The molecule has 0 saturated carbocycles. The zero-order valence-electron chi connectivity index (χ0n) is 24.2. The average Bonchev–Trinajstić information content (AvgIpc) is 3.48. The number of fused-ring (bicyclic) bond motifs is 6. The van der Waals surface area contributed by atoms with Crippen molar-refractivity contribution in [2.45, 2.75) is 0 Å². The molecule has 210 valence electrons. The Bertz CT molecular complexity index is 2460. The molecule has 0 amide bonds. The summed E-state index contributed by atoms with van der Waals surface area (Å²) in [7, 11) is 0. The molecular weight excluding hydrogens is 550 g/mol. The molecule has 2 aromatic heterocycles. The molecule has 0 spiro atoms. The summed E-state index contributed by atoms with van der Waals surface area (Å²) in [6.45, 7) is 0. The molecule has 0 unspecified atom stereocenters. The maximum Gasteiger partial charge on any atom is 0.164 e. The van der Waals surface area contributed by atoms with E-state index in [1.807, 2.05) is 72.8 Å². The minimum Gasteiger partial charge on any atom is -0.456 e. The summed E-state index contributed by atoms with van der Waals surface area (Å²) >= 11 is 0. The molecule has 0 aliphatic rings. The number of para-hydroxylation sites is 1. The molecule has 0 N–H and O–H groups in total. The second kappa shape index (κ2) is 10.2. The van der Waals surface area contributed by atoms with Gasteiger partial charge in [-0.3, -0.25) is 0 Å². The van der Waals surface area contributed by atoms with Crippen molar-refractivity contribution in [2.24, 2.45) is 0 Å². The highest BCUT2D eigenvalue weighted by Gasteiger charge is 2.14. The first-order valence-electron chi connectivity index (χ1n) is 15.0. The van der Waals surface area contributed by atoms with E-state index >= 15 is 0 Å². The summed E-state index contributed by atoms with van der Waals surface area (Å²) < 4.78 is 6.16. The molecule has 4 nitrogen and oxygen atoms in total. The van der Waals surface area contributed by atoms with Crippen molar-refractivity contribution >= 4 is 43.5 Å². The lowest BCUT2D eigenvalue weighted by atomic mass is 9.93. The van der Waals surface area contributed by atoms with Crippen LogP contribution in [0.5, 0.6) is 0 Å². The largest absolute Gasteiger partial charge is 0.456 e. The predicted octanol–water partition coefficient (Wildman–Crippen LogP) is 10.7. The predicted molar refractivity (Wildman–Crippen MR) is 184 cm³/mol. The Morgan fingerprint density at radius 1 is 0.333 bits per heavy atom. The second-order valence-electron chi connectivity index (χ2n) is 11.2. The normalized spacial score (nSPS) is 11.6. The van der Waals surface area contributed by atoms with E-state index in [0.29, 0.717) is 17.5 Å². The Morgan fingerprint density at radius 3 is 1.60 bits per heavy atom. The molecule has 4 heteroatoms. The van der Waals surface area contributed by atoms with Gasteiger partial charge in [0.1, 0.15) is 11.2 Å². The second-order valence-corrected chi connectivity index (χ2v) is 11.2. The van der Waals surface area contributed by atoms with Gasteiger partial charge in [-0.25, -0.2) is 15.0 Å². The minimum absolute atomic E-state index is 0.648. The Balaban J connectivity index is 1.15. The van der Waals surface area contributed by atoms with Crippen molar-refractivity contribution in [1.82, 2.24) is 15.0 Å². The number of rotatable bonds is 4. The van der Waals surface area contributed by atoms with Crippen molar-refractivity contribution in [2.75, 3.05) is 0 Å². The lowest BCUT2D eigenvalue weighted by Crippen LogP contribution is -2.00. The third kappa shape index (κ3) is 4.35. The summed E-state index contributed by atoms with van der Waals surface area (Å²) in [5.74, 6) is 1.96. The zero-order valence-corrected chi connectivity index (χ0v) is 24.2. The van der Waals surface area contributed by atoms with Crippen LogP contribution >= 0.6 is 0 Å². The number of nitrogens with zero attached hydrogens (tertiary/aromatic N) is 3. The molecule has 0 fully saturated rings. The quantitative estimate of drug-likeness (QED) is 0.196. The van der Waals surface area contributed by atoms with Crippen LogP contribution in [-0.4, -0.2) is 15.0 Å². The SMILES string of the molecule is c1ccc(-c2nc(-c3ccccc3)nc(-c3ccc(-c4cccc5c4ccc4cc6oc7ccccc7c6cc45)cc3)n2)cc1. The molecule has 9 aromatic rings. The van der Waals surface area contributed by atoms with Gasteiger partial charge in [-0.15, -0.1) is 0 Å². The number of aromatic nitrogens is 3. The van der Waals surface area contributed by atoms with Gasteiger partial charge in [-0.2, -0.15) is 0 Å². The van der Waals surface area contributed by atoms with Crippen LogP contribution in [0.3, 0.4) is 0 Å². The molecule has 45 heavy (non-hydrogen) atoms. The van der Waals surface area contributed by atoms with Crippen molar-refractivity contribution < 1.29 is 4.42 Å². The topological polar surface area (TPSA) is 51.8 Å². The first-order valence-corrected chi connectivity index (χ1v) is 15.0. The van der Waals surface area contributed by atoms with Crippen LogP contribution in [0.25, 0.3) is 88.8 Å². The van der Waals surface area contributed by atoms with Crippen molar-refractivity contribution in [1.29, 1.82) is 0 Å². The molecule has 0 saturated heterocycles. The first-order chi connectivity index (χ1) is 22.3. The van der Waals surface area contributed by atoms with Crippen LogP contribution in [-0.2, 0) is 0 Å². The lowest BCUT2D eigenvalue weighted by Gasteiger charge is -2.11. The van der Waals surface area contributed by atoms with E-state index in [-0.39, 0.29) is 0 Å². The molecule has 0 aliphatic carbocycles. The van der Waals surface area contributed by atoms with Gasteiger partial charge >= 0.3 is 0 Å². The first kappa shape index (κ1) is 25.4. The lowest BCUT2D eigenvalue weighted by molar-refractivity contribution is 0.669. The smallest absolute Gasteiger partial charge is 0.164 e. The Morgan fingerprint density at radius 2 is 0.911 bits per heavy atom. The Kier molecular flexibility index (Phi) is 5.78. The van der Waals surface area contributed by atoms with E-state index in [1.165, 1.54) is 27.1 Å². The van der Waals surface area contributed by atoms with E-state index in [1.54, 1.807) is 0 Å². The molecule has 0 atom stereocenters. The maximum atomic E-state index is 6.16. The van der Waals surface area contributed by atoms with Crippen LogP contribution in [0.15, 0.2) is 156 Å². The monoisotopic (exact) mass is 575 g/mol. The van der Waals surface area contributed by atoms with Crippen LogP contribution in [0.4, 0.5) is 0 Å². The number of hydrogen-bond acceptors (Lipinski definition) is 4. The van der Waals surface area contributed by atoms with Crippen LogP contribution in [0, 0.1) is 0 Å². The molecular formula is C41H25N3O. The fourth-order valence-electron chi connectivity index (χ4n) is 6.30. The Labute approximate surface area is 259 Å². The fourth-order valence-corrected chi connectivity index (χ4v) is 6.30. The summed E-state index contributed by atoms with van der Waals surface area (Å²) in [5.41, 5.74) is 7.01. The highest BCUT2D eigenvalue weighted by atomic mass is 16.3. The van der Waals surface area contributed by atoms with Gasteiger partial charge in [0.05, 0.1) is 0 Å². The summed E-state index contributed by atoms with van der Waals surface area (Å²) in [4.78, 5) is 14.6. The third-order valence-corrected chi connectivity index (χ3v) is 8.53. The number of benzene rings is 7.